The molecule has 2 heterocycles. The number of nitrogens with one attached hydrogen (secondary N) is 1. The smallest absolute Gasteiger partial charge is 0.308 e. The molecule has 6 heteroatoms. The van der Waals surface area contributed by atoms with Crippen LogP contribution in [-0.4, -0.2) is 15.1 Å². The maximum Gasteiger partial charge on any atom is 0.308 e. The Hall–Kier alpha value is -1.79. The van der Waals surface area contributed by atoms with Crippen LogP contribution in [-0.2, 0) is 0 Å². The molecular weight excluding hydrogens is 268 g/mol. The number of hydrogen-bond acceptors (Lipinski definition) is 5. The van der Waals surface area contributed by atoms with Crippen molar-refractivity contribution in [2.45, 2.75) is 9.24 Å². The van der Waals surface area contributed by atoms with Gasteiger partial charge < -0.3 is 5.11 Å². The van der Waals surface area contributed by atoms with Gasteiger partial charge >= 0.3 is 4.87 Å². The van der Waals surface area contributed by atoms with E-state index in [1.165, 1.54) is 11.8 Å². The second-order valence-corrected chi connectivity index (χ2v) is 5.87. The molecule has 1 aromatic carbocycles. The number of hydrogen-bond donors (Lipinski definition) is 2. The van der Waals surface area contributed by atoms with Crippen molar-refractivity contribution in [1.82, 2.24) is 9.97 Å². The third-order valence-electron chi connectivity index (χ3n) is 2.37. The lowest BCUT2D eigenvalue weighted by Crippen LogP contribution is -1.89. The van der Waals surface area contributed by atoms with Crippen LogP contribution >= 0.6 is 23.1 Å². The summed E-state index contributed by atoms with van der Waals surface area (Å²) < 4.78 is 0.530. The predicted octanol–water partition coefficient (Wildman–Crippen LogP) is 2.84. The van der Waals surface area contributed by atoms with Crippen molar-refractivity contribution in [2.75, 3.05) is 0 Å². The summed E-state index contributed by atoms with van der Waals surface area (Å²) in [7, 11) is 0. The summed E-state index contributed by atoms with van der Waals surface area (Å²) >= 11 is 2.25. The fourth-order valence-electron chi connectivity index (χ4n) is 1.57. The minimum Gasteiger partial charge on any atom is -0.493 e. The predicted molar refractivity (Wildman–Crippen MR) is 72.5 cm³/mol. The fourth-order valence-corrected chi connectivity index (χ4v) is 3.31. The molecule has 0 saturated carbocycles. The molecule has 18 heavy (non-hydrogen) atoms. The van der Waals surface area contributed by atoms with Crippen LogP contribution in [0.25, 0.3) is 10.9 Å². The highest BCUT2D eigenvalue weighted by atomic mass is 32.2. The van der Waals surface area contributed by atoms with Crippen LogP contribution in [0.4, 0.5) is 0 Å². The summed E-state index contributed by atoms with van der Waals surface area (Å²) in [6.45, 7) is 0. The van der Waals surface area contributed by atoms with E-state index < -0.39 is 0 Å². The first-order valence-electron chi connectivity index (χ1n) is 5.18. The average molecular weight is 276 g/mol. The van der Waals surface area contributed by atoms with Crippen molar-refractivity contribution in [3.8, 4) is 5.88 Å². The van der Waals surface area contributed by atoms with Crippen LogP contribution in [0, 0.1) is 0 Å². The van der Waals surface area contributed by atoms with Crippen LogP contribution in [0.15, 0.2) is 50.4 Å². The number of aromatic amines is 1. The molecule has 4 nitrogen and oxygen atoms in total. The molecule has 2 N–H and O–H groups in total. The lowest BCUT2D eigenvalue weighted by atomic mass is 10.2. The van der Waals surface area contributed by atoms with E-state index in [2.05, 4.69) is 9.97 Å². The highest BCUT2D eigenvalue weighted by Crippen LogP contribution is 2.34. The molecule has 0 bridgehead atoms. The van der Waals surface area contributed by atoms with Crippen LogP contribution in [0.1, 0.15) is 0 Å². The highest BCUT2D eigenvalue weighted by Gasteiger charge is 2.09. The van der Waals surface area contributed by atoms with Gasteiger partial charge in [-0.3, -0.25) is 9.78 Å². The molecule has 0 aliphatic heterocycles. The van der Waals surface area contributed by atoms with E-state index in [-0.39, 0.29) is 10.8 Å². The quantitative estimate of drug-likeness (QED) is 0.755. The number of aromatic hydroxyl groups is 1. The number of nitrogens with zero attached hydrogens (tertiary/aromatic N) is 1. The third kappa shape index (κ3) is 2.12. The van der Waals surface area contributed by atoms with Crippen LogP contribution < -0.4 is 4.87 Å². The van der Waals surface area contributed by atoms with Crippen molar-refractivity contribution in [3.05, 3.63) is 46.1 Å². The number of thiazole rings is 1. The number of H-pyrrole nitrogens is 1. The van der Waals surface area contributed by atoms with Gasteiger partial charge in [0.05, 0.1) is 5.52 Å². The first kappa shape index (κ1) is 11.3. The summed E-state index contributed by atoms with van der Waals surface area (Å²) in [5, 5.41) is 11.3. The van der Waals surface area contributed by atoms with E-state index >= 15 is 0 Å². The first-order valence-corrected chi connectivity index (χ1v) is 6.81. The zero-order valence-electron chi connectivity index (χ0n) is 9.08. The Labute approximate surface area is 110 Å². The van der Waals surface area contributed by atoms with Crippen LogP contribution in [0.5, 0.6) is 5.88 Å². The summed E-state index contributed by atoms with van der Waals surface area (Å²) in [6.07, 6.45) is 0. The van der Waals surface area contributed by atoms with E-state index in [1.807, 2.05) is 36.4 Å². The van der Waals surface area contributed by atoms with Crippen molar-refractivity contribution in [2.24, 2.45) is 0 Å². The molecule has 0 atom stereocenters. The zero-order valence-corrected chi connectivity index (χ0v) is 10.7. The lowest BCUT2D eigenvalue weighted by Gasteiger charge is -2.00. The molecule has 0 aliphatic rings. The molecular formula is C12H8N2O2S2. The van der Waals surface area contributed by atoms with E-state index in [0.29, 0.717) is 4.21 Å². The van der Waals surface area contributed by atoms with Gasteiger partial charge in [-0.25, -0.2) is 4.98 Å². The summed E-state index contributed by atoms with van der Waals surface area (Å²) in [5.41, 5.74) is 0.893. The maximum absolute atomic E-state index is 11.1. The number of benzene rings is 1. The molecule has 0 amide bonds. The van der Waals surface area contributed by atoms with Gasteiger partial charge in [-0.2, -0.15) is 0 Å². The van der Waals surface area contributed by atoms with Crippen molar-refractivity contribution in [1.29, 1.82) is 0 Å². The molecule has 0 unspecified atom stereocenters. The van der Waals surface area contributed by atoms with E-state index in [4.69, 9.17) is 0 Å². The SMILES string of the molecule is O=c1[nH]c(O)c(Sc2ccc3ccccc3n2)s1. The third-order valence-corrected chi connectivity index (χ3v) is 4.35. The normalized spacial score (nSPS) is 10.9. The zero-order chi connectivity index (χ0) is 12.5. The van der Waals surface area contributed by atoms with Crippen molar-refractivity contribution in [3.63, 3.8) is 0 Å². The Morgan fingerprint density at radius 3 is 2.83 bits per heavy atom. The minimum absolute atomic E-state index is 0.0926. The molecule has 0 saturated heterocycles. The number of para-hydroxylation sites is 1. The van der Waals surface area contributed by atoms with Gasteiger partial charge in [-0.1, -0.05) is 47.4 Å². The summed E-state index contributed by atoms with van der Waals surface area (Å²) in [4.78, 5) is 17.6. The Balaban J connectivity index is 2.00. The number of aromatic nitrogens is 2. The maximum atomic E-state index is 11.1. The largest absolute Gasteiger partial charge is 0.493 e. The van der Waals surface area contributed by atoms with E-state index in [0.717, 1.165) is 27.3 Å². The molecule has 0 aliphatic carbocycles. The average Bonchev–Trinajstić information content (AvgIpc) is 2.68. The first-order chi connectivity index (χ1) is 8.72. The second-order valence-electron chi connectivity index (χ2n) is 3.59. The highest BCUT2D eigenvalue weighted by molar-refractivity contribution is 8.01. The Morgan fingerprint density at radius 1 is 1.22 bits per heavy atom. The Kier molecular flexibility index (Phi) is 2.81. The molecule has 3 aromatic rings. The fraction of sp³-hybridized carbons (Fsp3) is 0. The van der Waals surface area contributed by atoms with Gasteiger partial charge in [0.2, 0.25) is 5.88 Å². The summed E-state index contributed by atoms with van der Waals surface area (Å²) in [6, 6.07) is 11.6. The van der Waals surface area contributed by atoms with Gasteiger partial charge in [0.15, 0.2) is 0 Å². The Bertz CT molecular complexity index is 764. The van der Waals surface area contributed by atoms with E-state index in [9.17, 15) is 9.90 Å². The van der Waals surface area contributed by atoms with Gasteiger partial charge in [0.1, 0.15) is 9.24 Å². The van der Waals surface area contributed by atoms with Gasteiger partial charge in [0, 0.05) is 5.39 Å². The van der Waals surface area contributed by atoms with Gasteiger partial charge in [0.25, 0.3) is 0 Å². The topological polar surface area (TPSA) is 66.0 Å². The molecule has 0 radical (unpaired) electrons. The molecule has 0 spiro atoms. The number of pyridine rings is 1. The lowest BCUT2D eigenvalue weighted by molar-refractivity contribution is 0.445. The molecule has 0 fully saturated rings. The van der Waals surface area contributed by atoms with Crippen LogP contribution in [0.3, 0.4) is 0 Å². The molecule has 2 aromatic heterocycles. The Morgan fingerprint density at radius 2 is 2.06 bits per heavy atom. The second kappa shape index (κ2) is 4.47. The summed E-state index contributed by atoms with van der Waals surface area (Å²) in [5.74, 6) is -0.0926. The molecule has 90 valence electrons. The molecule has 3 rings (SSSR count). The van der Waals surface area contributed by atoms with E-state index in [1.54, 1.807) is 0 Å². The van der Waals surface area contributed by atoms with Crippen molar-refractivity contribution >= 4 is 34.0 Å². The number of rotatable bonds is 2. The number of fused-ring (bicyclic) bond motifs is 1. The minimum atomic E-state index is -0.268. The van der Waals surface area contributed by atoms with Crippen molar-refractivity contribution < 1.29 is 5.11 Å². The standard InChI is InChI=1S/C12H8N2O2S2/c15-10-11(18-12(16)14-10)17-9-6-5-7-3-1-2-4-8(7)13-9/h1-6,15H,(H,14,16). The monoisotopic (exact) mass is 276 g/mol. The van der Waals surface area contributed by atoms with Gasteiger partial charge in [-0.05, 0) is 12.1 Å². The van der Waals surface area contributed by atoms with Crippen LogP contribution in [0.2, 0.25) is 0 Å². The van der Waals surface area contributed by atoms with Gasteiger partial charge in [-0.15, -0.1) is 0 Å².